The van der Waals surface area contributed by atoms with Crippen LogP contribution in [0.5, 0.6) is 0 Å². The molecule has 17 heavy (non-hydrogen) atoms. The third-order valence-electron chi connectivity index (χ3n) is 2.01. The highest BCUT2D eigenvalue weighted by Gasteiger charge is 2.11. The molecule has 1 amide bonds. The molecule has 1 rings (SSSR count). The normalized spacial score (nSPS) is 9.94. The van der Waals surface area contributed by atoms with Crippen LogP contribution in [-0.4, -0.2) is 30.2 Å². The molecule has 92 valence electrons. The van der Waals surface area contributed by atoms with Gasteiger partial charge in [-0.05, 0) is 18.6 Å². The van der Waals surface area contributed by atoms with E-state index in [2.05, 4.69) is 5.32 Å². The summed E-state index contributed by atoms with van der Waals surface area (Å²) in [5.41, 5.74) is 0.349. The van der Waals surface area contributed by atoms with E-state index in [4.69, 9.17) is 9.84 Å². The highest BCUT2D eigenvalue weighted by atomic mass is 16.5. The number of hydrogen-bond acceptors (Lipinski definition) is 3. The fourth-order valence-electron chi connectivity index (χ4n) is 1.27. The van der Waals surface area contributed by atoms with Gasteiger partial charge in [0.1, 0.15) is 6.61 Å². The molecule has 0 aromatic heterocycles. The van der Waals surface area contributed by atoms with Crippen LogP contribution in [0, 0.1) is 0 Å². The summed E-state index contributed by atoms with van der Waals surface area (Å²) in [5, 5.41) is 11.4. The predicted molar refractivity (Wildman–Crippen MR) is 63.1 cm³/mol. The summed E-state index contributed by atoms with van der Waals surface area (Å²) in [6.07, 6.45) is 0.832. The lowest BCUT2D eigenvalue weighted by Crippen LogP contribution is -2.20. The van der Waals surface area contributed by atoms with Crippen molar-refractivity contribution in [1.82, 2.24) is 0 Å². The molecule has 0 saturated heterocycles. The van der Waals surface area contributed by atoms with Gasteiger partial charge in [0.15, 0.2) is 0 Å². The number of carbonyl (C=O) groups excluding carboxylic acids is 1. The van der Waals surface area contributed by atoms with Gasteiger partial charge in [0.2, 0.25) is 5.91 Å². The Kier molecular flexibility index (Phi) is 5.16. The van der Waals surface area contributed by atoms with Crippen LogP contribution in [0.3, 0.4) is 0 Å². The smallest absolute Gasteiger partial charge is 0.337 e. The number of nitrogens with one attached hydrogen (secondary N) is 1. The molecule has 0 unspecified atom stereocenters. The molecule has 5 nitrogen and oxygen atoms in total. The van der Waals surface area contributed by atoms with Crippen molar-refractivity contribution in [3.05, 3.63) is 29.8 Å². The molecule has 0 spiro atoms. The molecule has 5 heteroatoms. The topological polar surface area (TPSA) is 75.6 Å². The summed E-state index contributed by atoms with van der Waals surface area (Å²) in [6.45, 7) is 2.38. The van der Waals surface area contributed by atoms with Crippen molar-refractivity contribution < 1.29 is 19.4 Å². The molecular formula is C12H15NO4. The van der Waals surface area contributed by atoms with Crippen LogP contribution in [0.4, 0.5) is 5.69 Å². The first-order chi connectivity index (χ1) is 8.15. The van der Waals surface area contributed by atoms with Gasteiger partial charge < -0.3 is 15.2 Å². The Bertz CT molecular complexity index is 403. The van der Waals surface area contributed by atoms with Crippen molar-refractivity contribution >= 4 is 17.6 Å². The molecule has 1 aromatic carbocycles. The fraction of sp³-hybridized carbons (Fsp3) is 0.333. The molecule has 0 heterocycles. The van der Waals surface area contributed by atoms with Crippen LogP contribution in [0.1, 0.15) is 23.7 Å². The molecule has 1 aromatic rings. The van der Waals surface area contributed by atoms with Crippen molar-refractivity contribution in [3.8, 4) is 0 Å². The summed E-state index contributed by atoms with van der Waals surface area (Å²) >= 11 is 0. The van der Waals surface area contributed by atoms with Crippen LogP contribution in [0.15, 0.2) is 24.3 Å². The first-order valence-electron chi connectivity index (χ1n) is 5.35. The number of carboxylic acid groups (broad SMARTS) is 1. The maximum absolute atomic E-state index is 11.4. The van der Waals surface area contributed by atoms with Gasteiger partial charge in [0.25, 0.3) is 0 Å². The summed E-state index contributed by atoms with van der Waals surface area (Å²) in [4.78, 5) is 22.3. The zero-order valence-electron chi connectivity index (χ0n) is 9.60. The lowest BCUT2D eigenvalue weighted by molar-refractivity contribution is -0.120. The molecule has 0 aliphatic heterocycles. The Balaban J connectivity index is 2.61. The second-order valence-electron chi connectivity index (χ2n) is 3.45. The van der Waals surface area contributed by atoms with Crippen LogP contribution in [0.2, 0.25) is 0 Å². The Morgan fingerprint density at radius 2 is 2.06 bits per heavy atom. The SMILES string of the molecule is CCCOCC(=O)Nc1ccccc1C(=O)O. The van der Waals surface area contributed by atoms with E-state index in [9.17, 15) is 9.59 Å². The monoisotopic (exact) mass is 237 g/mol. The number of benzene rings is 1. The minimum atomic E-state index is -1.07. The van der Waals surface area contributed by atoms with Gasteiger partial charge in [0.05, 0.1) is 11.3 Å². The Labute approximate surface area is 99.4 Å². The Morgan fingerprint density at radius 3 is 2.71 bits per heavy atom. The molecule has 0 aliphatic carbocycles. The quantitative estimate of drug-likeness (QED) is 0.739. The first-order valence-corrected chi connectivity index (χ1v) is 5.35. The van der Waals surface area contributed by atoms with E-state index < -0.39 is 5.97 Å². The minimum absolute atomic E-state index is 0.0661. The average molecular weight is 237 g/mol. The number of para-hydroxylation sites is 1. The van der Waals surface area contributed by atoms with E-state index in [0.29, 0.717) is 6.61 Å². The largest absolute Gasteiger partial charge is 0.478 e. The number of anilines is 1. The maximum Gasteiger partial charge on any atom is 0.337 e. The fourth-order valence-corrected chi connectivity index (χ4v) is 1.27. The second kappa shape index (κ2) is 6.65. The standard InChI is InChI=1S/C12H15NO4/c1-2-7-17-8-11(14)13-10-6-4-3-5-9(10)12(15)16/h3-6H,2,7-8H2,1H3,(H,13,14)(H,15,16). The molecule has 0 radical (unpaired) electrons. The molecule has 0 aliphatic rings. The minimum Gasteiger partial charge on any atom is -0.478 e. The van der Waals surface area contributed by atoms with Crippen LogP contribution >= 0.6 is 0 Å². The number of carbonyl (C=O) groups is 2. The highest BCUT2D eigenvalue weighted by molar-refractivity contribution is 6.00. The lowest BCUT2D eigenvalue weighted by Gasteiger charge is -2.08. The zero-order valence-corrected chi connectivity index (χ0v) is 9.60. The maximum atomic E-state index is 11.4. The van der Waals surface area contributed by atoms with Gasteiger partial charge in [-0.2, -0.15) is 0 Å². The van der Waals surface area contributed by atoms with E-state index in [1.807, 2.05) is 6.92 Å². The molecule has 0 atom stereocenters. The number of carboxylic acids is 1. The van der Waals surface area contributed by atoms with Gasteiger partial charge in [-0.15, -0.1) is 0 Å². The van der Waals surface area contributed by atoms with Gasteiger partial charge >= 0.3 is 5.97 Å². The first kappa shape index (κ1) is 13.2. The second-order valence-corrected chi connectivity index (χ2v) is 3.45. The highest BCUT2D eigenvalue weighted by Crippen LogP contribution is 2.14. The molecule has 0 saturated carbocycles. The summed E-state index contributed by atoms with van der Waals surface area (Å²) in [6, 6.07) is 6.24. The average Bonchev–Trinajstić information content (AvgIpc) is 2.29. The molecular weight excluding hydrogens is 222 g/mol. The number of rotatable bonds is 6. The van der Waals surface area contributed by atoms with E-state index in [0.717, 1.165) is 6.42 Å². The van der Waals surface area contributed by atoms with E-state index in [-0.39, 0.29) is 23.8 Å². The molecule has 2 N–H and O–H groups in total. The number of hydrogen-bond donors (Lipinski definition) is 2. The van der Waals surface area contributed by atoms with Crippen molar-refractivity contribution in [2.24, 2.45) is 0 Å². The summed E-state index contributed by atoms with van der Waals surface area (Å²) in [5.74, 6) is -1.43. The summed E-state index contributed by atoms with van der Waals surface area (Å²) in [7, 11) is 0. The van der Waals surface area contributed by atoms with Gasteiger partial charge in [0, 0.05) is 6.61 Å². The van der Waals surface area contributed by atoms with E-state index in [1.54, 1.807) is 18.2 Å². The number of amides is 1. The van der Waals surface area contributed by atoms with Gasteiger partial charge in [-0.3, -0.25) is 4.79 Å². The summed E-state index contributed by atoms with van der Waals surface area (Å²) < 4.78 is 5.06. The zero-order chi connectivity index (χ0) is 12.7. The van der Waals surface area contributed by atoms with E-state index in [1.165, 1.54) is 6.07 Å². The van der Waals surface area contributed by atoms with Crippen molar-refractivity contribution in [2.75, 3.05) is 18.5 Å². The van der Waals surface area contributed by atoms with Crippen LogP contribution < -0.4 is 5.32 Å². The molecule has 0 fully saturated rings. The number of ether oxygens (including phenoxy) is 1. The van der Waals surface area contributed by atoms with Crippen LogP contribution in [0.25, 0.3) is 0 Å². The van der Waals surface area contributed by atoms with Gasteiger partial charge in [-0.1, -0.05) is 19.1 Å². The van der Waals surface area contributed by atoms with Crippen molar-refractivity contribution in [2.45, 2.75) is 13.3 Å². The van der Waals surface area contributed by atoms with Crippen LogP contribution in [-0.2, 0) is 9.53 Å². The number of aromatic carboxylic acids is 1. The Hall–Kier alpha value is -1.88. The van der Waals surface area contributed by atoms with Gasteiger partial charge in [-0.25, -0.2) is 4.79 Å². The third-order valence-corrected chi connectivity index (χ3v) is 2.01. The lowest BCUT2D eigenvalue weighted by atomic mass is 10.2. The Morgan fingerprint density at radius 1 is 1.35 bits per heavy atom. The van der Waals surface area contributed by atoms with Crippen molar-refractivity contribution in [3.63, 3.8) is 0 Å². The predicted octanol–water partition coefficient (Wildman–Crippen LogP) is 1.75. The third kappa shape index (κ3) is 4.24. The van der Waals surface area contributed by atoms with E-state index >= 15 is 0 Å². The van der Waals surface area contributed by atoms with Crippen molar-refractivity contribution in [1.29, 1.82) is 0 Å². The molecule has 0 bridgehead atoms.